The van der Waals surface area contributed by atoms with Gasteiger partial charge >= 0.3 is 6.09 Å². The predicted molar refractivity (Wildman–Crippen MR) is 168 cm³/mol. The molecule has 5 unspecified atom stereocenters. The molecule has 0 aliphatic heterocycles. The lowest BCUT2D eigenvalue weighted by molar-refractivity contribution is -0.518. The summed E-state index contributed by atoms with van der Waals surface area (Å²) in [6.07, 6.45) is -1.51. The van der Waals surface area contributed by atoms with E-state index >= 15 is 0 Å². The molecule has 0 saturated carbocycles. The highest BCUT2D eigenvalue weighted by Gasteiger charge is 2.33. The van der Waals surface area contributed by atoms with Gasteiger partial charge in [0.05, 0.1) is 31.3 Å². The zero-order valence-electron chi connectivity index (χ0n) is 28.4. The van der Waals surface area contributed by atoms with E-state index in [0.717, 1.165) is 12.0 Å². The molecule has 0 aromatic heterocycles. The van der Waals surface area contributed by atoms with Crippen LogP contribution in [0.5, 0.6) is 11.5 Å². The molecule has 1 aromatic carbocycles. The summed E-state index contributed by atoms with van der Waals surface area (Å²) in [5, 5.41) is 34.4. The van der Waals surface area contributed by atoms with E-state index in [1.165, 1.54) is 6.92 Å². The van der Waals surface area contributed by atoms with Crippen LogP contribution in [-0.4, -0.2) is 85.3 Å². The first-order valence-electron chi connectivity index (χ1n) is 15.7. The fraction of sp³-hybridized carbons (Fsp3) is 0.750. The van der Waals surface area contributed by atoms with Gasteiger partial charge in [-0.15, -0.1) is 0 Å². The Morgan fingerprint density at radius 1 is 0.933 bits per heavy atom. The predicted octanol–water partition coefficient (Wildman–Crippen LogP) is 4.56. The lowest BCUT2D eigenvalue weighted by atomic mass is 9.80. The summed E-state index contributed by atoms with van der Waals surface area (Å²) in [6.45, 7) is 14.9. The van der Waals surface area contributed by atoms with Gasteiger partial charge in [-0.05, 0) is 60.6 Å². The van der Waals surface area contributed by atoms with E-state index in [1.807, 2.05) is 45.9 Å². The Kier molecular flexibility index (Phi) is 19.0. The Morgan fingerprint density at radius 2 is 1.62 bits per heavy atom. The number of ether oxygens (including phenoxy) is 4. The Bertz CT molecular complexity index is 992. The molecule has 0 spiro atoms. The number of nitrogens with zero attached hydrogens (tertiary/aromatic N) is 1. The van der Waals surface area contributed by atoms with E-state index in [2.05, 4.69) is 29.3 Å². The second-order valence-electron chi connectivity index (χ2n) is 12.5. The molecule has 0 bridgehead atoms. The lowest BCUT2D eigenvalue weighted by Gasteiger charge is -2.32. The molecule has 13 heteroatoms. The van der Waals surface area contributed by atoms with Crippen molar-refractivity contribution in [1.29, 1.82) is 0 Å². The van der Waals surface area contributed by atoms with E-state index < -0.39 is 35.8 Å². The molecule has 260 valence electrons. The molecule has 0 aliphatic carbocycles. The van der Waals surface area contributed by atoms with Crippen molar-refractivity contribution in [2.24, 2.45) is 29.6 Å². The summed E-state index contributed by atoms with van der Waals surface area (Å²) in [7, 11) is 3.23. The Balaban J connectivity index is 3.24. The van der Waals surface area contributed by atoms with Crippen LogP contribution in [0.4, 0.5) is 4.79 Å². The molecule has 5 atom stereocenters. The molecule has 2 amide bonds. The monoisotopic (exact) mass is 643 g/mol. The molecular formula is C32H57N3O10. The van der Waals surface area contributed by atoms with Crippen LogP contribution in [-0.2, 0) is 25.5 Å². The molecule has 1 aromatic rings. The number of nitrogens with one attached hydrogen (secondary N) is 2. The molecule has 1 rings (SSSR count). The summed E-state index contributed by atoms with van der Waals surface area (Å²) in [6, 6.07) is 4.97. The van der Waals surface area contributed by atoms with Crippen LogP contribution in [0.2, 0.25) is 0 Å². The van der Waals surface area contributed by atoms with Crippen molar-refractivity contribution in [2.75, 3.05) is 34.0 Å². The molecule has 5 N–H and O–H groups in total. The summed E-state index contributed by atoms with van der Waals surface area (Å²) < 4.78 is 21.7. The fourth-order valence-electron chi connectivity index (χ4n) is 4.91. The van der Waals surface area contributed by atoms with Crippen molar-refractivity contribution in [3.05, 3.63) is 23.8 Å². The third-order valence-corrected chi connectivity index (χ3v) is 7.58. The summed E-state index contributed by atoms with van der Waals surface area (Å²) in [5.74, 6) is 0.956. The minimum absolute atomic E-state index is 0.00833. The Morgan fingerprint density at radius 3 is 2.18 bits per heavy atom. The van der Waals surface area contributed by atoms with Gasteiger partial charge < -0.3 is 34.7 Å². The average Bonchev–Trinajstić information content (AvgIpc) is 2.95. The third-order valence-electron chi connectivity index (χ3n) is 7.58. The third kappa shape index (κ3) is 15.9. The molecular weight excluding hydrogens is 586 g/mol. The van der Waals surface area contributed by atoms with Crippen molar-refractivity contribution < 1.29 is 48.9 Å². The number of hydrogen-bond donors (Lipinski definition) is 5. The van der Waals surface area contributed by atoms with Crippen molar-refractivity contribution in [3.63, 3.8) is 0 Å². The van der Waals surface area contributed by atoms with E-state index in [4.69, 9.17) is 29.4 Å². The second-order valence-corrected chi connectivity index (χ2v) is 12.5. The van der Waals surface area contributed by atoms with Crippen LogP contribution in [0.25, 0.3) is 0 Å². The van der Waals surface area contributed by atoms with Gasteiger partial charge in [-0.25, -0.2) is 9.63 Å². The van der Waals surface area contributed by atoms with Gasteiger partial charge in [0, 0.05) is 39.5 Å². The minimum Gasteiger partial charge on any atom is -0.493 e. The van der Waals surface area contributed by atoms with Crippen molar-refractivity contribution >= 4 is 12.0 Å². The number of carbonyl (C=O) groups excluding carboxylic acids is 2. The van der Waals surface area contributed by atoms with E-state index in [1.54, 1.807) is 14.2 Å². The van der Waals surface area contributed by atoms with E-state index in [-0.39, 0.29) is 36.0 Å². The topological polar surface area (TPSA) is 168 Å². The number of rotatable bonds is 22. The van der Waals surface area contributed by atoms with Gasteiger partial charge in [0.2, 0.25) is 12.2 Å². The number of amides is 2. The summed E-state index contributed by atoms with van der Waals surface area (Å²) >= 11 is 0. The quantitative estimate of drug-likeness (QED) is 0.0682. The molecule has 45 heavy (non-hydrogen) atoms. The number of carbonyl (C=O) groups is 2. The molecule has 0 heterocycles. The van der Waals surface area contributed by atoms with Gasteiger partial charge in [0.15, 0.2) is 11.5 Å². The standard InChI is InChI=1S/C32H57N3O10/c1-20(2)19-33-31(37)26(22(5)6)18-28(36)27(34-32(38)44-23(7)45-35(39)40)17-25(21(3)4)15-24-11-12-29(42-9)30(16-24)43-14-10-13-41-8/h11-12,16,20-23,25-28,36,39-40H,10,13-15,17-19H2,1-9H3,(H,33,37)(H,34,38). The molecule has 0 saturated heterocycles. The first kappa shape index (κ1) is 40.3. The summed E-state index contributed by atoms with van der Waals surface area (Å²) in [4.78, 5) is 30.4. The zero-order valence-corrected chi connectivity index (χ0v) is 28.4. The number of benzene rings is 1. The van der Waals surface area contributed by atoms with Gasteiger partial charge in [-0.3, -0.25) is 15.2 Å². The van der Waals surface area contributed by atoms with E-state index in [9.17, 15) is 14.7 Å². The maximum atomic E-state index is 13.1. The highest BCUT2D eigenvalue weighted by atomic mass is 17.1. The smallest absolute Gasteiger partial charge is 0.409 e. The average molecular weight is 644 g/mol. The van der Waals surface area contributed by atoms with Crippen LogP contribution in [0, 0.1) is 29.6 Å². The van der Waals surface area contributed by atoms with Crippen molar-refractivity contribution in [1.82, 2.24) is 16.0 Å². The zero-order chi connectivity index (χ0) is 34.1. The van der Waals surface area contributed by atoms with Gasteiger partial charge in [-0.1, -0.05) is 47.6 Å². The molecule has 13 nitrogen and oxygen atoms in total. The van der Waals surface area contributed by atoms with Crippen molar-refractivity contribution in [2.45, 2.75) is 92.6 Å². The second kappa shape index (κ2) is 21.2. The van der Waals surface area contributed by atoms with Crippen molar-refractivity contribution in [3.8, 4) is 11.5 Å². The largest absolute Gasteiger partial charge is 0.493 e. The first-order valence-corrected chi connectivity index (χ1v) is 15.7. The van der Waals surface area contributed by atoms with Gasteiger partial charge in [0.25, 0.3) is 0 Å². The van der Waals surface area contributed by atoms with Crippen LogP contribution < -0.4 is 20.1 Å². The molecule has 0 aliphatic rings. The number of hydrogen-bond acceptors (Lipinski definition) is 11. The van der Waals surface area contributed by atoms with Gasteiger partial charge in [-0.2, -0.15) is 0 Å². The lowest BCUT2D eigenvalue weighted by Crippen LogP contribution is -2.48. The van der Waals surface area contributed by atoms with Crippen LogP contribution in [0.3, 0.4) is 0 Å². The number of alkyl carbamates (subject to hydrolysis) is 1. The number of aliphatic hydroxyl groups is 1. The minimum atomic E-state index is -1.33. The maximum absolute atomic E-state index is 13.1. The summed E-state index contributed by atoms with van der Waals surface area (Å²) in [5.41, 5.74) is 0.994. The fourth-order valence-corrected chi connectivity index (χ4v) is 4.91. The normalized spacial score (nSPS) is 15.1. The van der Waals surface area contributed by atoms with Crippen LogP contribution in [0.15, 0.2) is 18.2 Å². The van der Waals surface area contributed by atoms with E-state index in [0.29, 0.717) is 44.1 Å². The Hall–Kier alpha value is -2.68. The highest BCUT2D eigenvalue weighted by molar-refractivity contribution is 5.79. The molecule has 0 radical (unpaired) electrons. The number of methoxy groups -OCH3 is 2. The van der Waals surface area contributed by atoms with Crippen LogP contribution >= 0.6 is 0 Å². The highest BCUT2D eigenvalue weighted by Crippen LogP contribution is 2.32. The number of aliphatic hydroxyl groups excluding tert-OH is 1. The van der Waals surface area contributed by atoms with Crippen LogP contribution in [0.1, 0.15) is 73.3 Å². The molecule has 0 fully saturated rings. The Labute approximate surface area is 268 Å². The maximum Gasteiger partial charge on any atom is 0.409 e. The SMILES string of the molecule is COCCCOc1cc(CC(CC(NC(=O)OC(C)ON(O)O)C(O)CC(C(=O)NCC(C)C)C(C)C)C(C)C)ccc1OC. The van der Waals surface area contributed by atoms with Gasteiger partial charge in [0.1, 0.15) is 0 Å². The first-order chi connectivity index (χ1) is 21.2.